The van der Waals surface area contributed by atoms with Gasteiger partial charge in [0, 0.05) is 65.6 Å². The van der Waals surface area contributed by atoms with E-state index in [1.165, 1.54) is 15.2 Å². The normalized spacial score (nSPS) is 19.7. The minimum absolute atomic E-state index is 0.0246. The van der Waals surface area contributed by atoms with Crippen LogP contribution in [0.1, 0.15) is 31.4 Å². The predicted octanol–water partition coefficient (Wildman–Crippen LogP) is 5.35. The van der Waals surface area contributed by atoms with Gasteiger partial charge in [0.25, 0.3) is 0 Å². The lowest BCUT2D eigenvalue weighted by Crippen LogP contribution is -2.35. The molecule has 29 heavy (non-hydrogen) atoms. The predicted molar refractivity (Wildman–Crippen MR) is 118 cm³/mol. The summed E-state index contributed by atoms with van der Waals surface area (Å²) in [6, 6.07) is 2.19. The summed E-state index contributed by atoms with van der Waals surface area (Å²) < 4.78 is 44.6. The maximum atomic E-state index is 14.7. The molecule has 3 N–H and O–H groups in total. The Balaban J connectivity index is 1.81. The van der Waals surface area contributed by atoms with E-state index in [4.69, 9.17) is 5.73 Å². The number of halogens is 4. The lowest BCUT2D eigenvalue weighted by atomic mass is 9.91. The Bertz CT molecular complexity index is 1070. The highest BCUT2D eigenvalue weighted by Gasteiger charge is 2.23. The van der Waals surface area contributed by atoms with Crippen LogP contribution in [-0.2, 0) is 0 Å². The molecule has 1 aliphatic rings. The third-order valence-electron chi connectivity index (χ3n) is 5.17. The highest BCUT2D eigenvalue weighted by molar-refractivity contribution is 14.2. The van der Waals surface area contributed by atoms with Gasteiger partial charge >= 0.3 is 0 Å². The van der Waals surface area contributed by atoms with E-state index < -0.39 is 17.5 Å². The van der Waals surface area contributed by atoms with E-state index in [1.807, 2.05) is 21.2 Å². The number of nitrogens with zero attached hydrogens (tertiary/aromatic N) is 3. The average molecular weight is 533 g/mol. The van der Waals surface area contributed by atoms with Crippen LogP contribution in [-0.4, -0.2) is 26.0 Å². The fourth-order valence-corrected chi connectivity index (χ4v) is 5.14. The first-order valence-corrected chi connectivity index (χ1v) is 12.5. The Kier molecular flexibility index (Phi) is 5.94. The zero-order valence-electron chi connectivity index (χ0n) is 15.6. The van der Waals surface area contributed by atoms with Crippen molar-refractivity contribution < 1.29 is 13.2 Å². The second kappa shape index (κ2) is 8.31. The lowest BCUT2D eigenvalue weighted by molar-refractivity contribution is 0.407. The first-order chi connectivity index (χ1) is 13.9. The van der Waals surface area contributed by atoms with Crippen molar-refractivity contribution in [2.45, 2.75) is 44.7 Å². The van der Waals surface area contributed by atoms with Crippen molar-refractivity contribution in [2.24, 2.45) is 5.73 Å². The van der Waals surface area contributed by atoms with Crippen LogP contribution in [0.3, 0.4) is 0 Å². The second-order valence-corrected chi connectivity index (χ2v) is 9.00. The largest absolute Gasteiger partial charge is 0.365 e. The summed E-state index contributed by atoms with van der Waals surface area (Å²) in [4.78, 5) is 8.62. The van der Waals surface area contributed by atoms with Crippen LogP contribution in [0.25, 0.3) is 22.3 Å². The van der Waals surface area contributed by atoms with E-state index in [0.717, 1.165) is 31.7 Å². The van der Waals surface area contributed by atoms with E-state index in [2.05, 4.69) is 15.3 Å². The molecule has 0 amide bonds. The van der Waals surface area contributed by atoms with Crippen LogP contribution >= 0.6 is 30.3 Å². The van der Waals surface area contributed by atoms with Gasteiger partial charge < -0.3 is 11.1 Å². The van der Waals surface area contributed by atoms with Crippen molar-refractivity contribution in [3.8, 4) is 11.4 Å². The van der Waals surface area contributed by atoms with Gasteiger partial charge in [-0.3, -0.25) is 3.97 Å². The summed E-state index contributed by atoms with van der Waals surface area (Å²) in [6.45, 7) is 1.55. The monoisotopic (exact) mass is 533 g/mol. The van der Waals surface area contributed by atoms with Crippen LogP contribution < -0.4 is 11.1 Å². The minimum Gasteiger partial charge on any atom is -0.365 e. The molecule has 2 heterocycles. The van der Waals surface area contributed by atoms with Crippen LogP contribution in [0, 0.1) is 24.4 Å². The number of aryl methyl sites for hydroxylation is 1. The van der Waals surface area contributed by atoms with Gasteiger partial charge in [-0.25, -0.2) is 23.1 Å². The smallest absolute Gasteiger partial charge is 0.186 e. The molecule has 2 atom stereocenters. The molecule has 10 heteroatoms. The van der Waals surface area contributed by atoms with Crippen molar-refractivity contribution in [1.82, 2.24) is 13.9 Å². The summed E-state index contributed by atoms with van der Waals surface area (Å²) in [6.07, 6.45) is 5.18. The third-order valence-corrected chi connectivity index (χ3v) is 6.88. The number of nitrogens with one attached hydrogen (secondary N) is 1. The molecular weight excluding hydrogens is 514 g/mol. The van der Waals surface area contributed by atoms with Crippen LogP contribution in [0.15, 0.2) is 18.3 Å². The van der Waals surface area contributed by atoms with E-state index >= 15 is 0 Å². The molecule has 0 radical (unpaired) electrons. The molecular formula is C19H19F3IN5S. The van der Waals surface area contributed by atoms with Crippen molar-refractivity contribution in [3.05, 3.63) is 41.5 Å². The molecule has 1 aromatic carbocycles. The number of aromatic nitrogens is 3. The van der Waals surface area contributed by atoms with Gasteiger partial charge in [-0.15, -0.1) is 0 Å². The molecule has 5 nitrogen and oxygen atoms in total. The highest BCUT2D eigenvalue weighted by atomic mass is 127. The molecule has 1 fully saturated rings. The molecule has 0 spiro atoms. The molecule has 154 valence electrons. The fourth-order valence-electron chi connectivity index (χ4n) is 3.81. The molecule has 0 unspecified atom stereocenters. The number of rotatable bonds is 4. The van der Waals surface area contributed by atoms with Crippen LogP contribution in [0.5, 0.6) is 0 Å². The Morgan fingerprint density at radius 2 is 2.03 bits per heavy atom. The minimum atomic E-state index is -0.694. The van der Waals surface area contributed by atoms with Crippen molar-refractivity contribution in [2.75, 3.05) is 5.32 Å². The van der Waals surface area contributed by atoms with Gasteiger partial charge in [0.05, 0.1) is 11.2 Å². The number of benzene rings is 1. The quantitative estimate of drug-likeness (QED) is 0.443. The van der Waals surface area contributed by atoms with E-state index in [-0.39, 0.29) is 34.9 Å². The van der Waals surface area contributed by atoms with Gasteiger partial charge in [0.2, 0.25) is 0 Å². The Morgan fingerprint density at radius 3 is 2.76 bits per heavy atom. The van der Waals surface area contributed by atoms with Crippen molar-refractivity contribution in [3.63, 3.8) is 0 Å². The third kappa shape index (κ3) is 4.06. The van der Waals surface area contributed by atoms with Crippen LogP contribution in [0.2, 0.25) is 0 Å². The maximum Gasteiger partial charge on any atom is 0.186 e. The summed E-state index contributed by atoms with van der Waals surface area (Å²) in [5, 5.41) is 3.49. The summed E-state index contributed by atoms with van der Waals surface area (Å²) >= 11 is 2.01. The average Bonchev–Trinajstić information content (AvgIpc) is 3.04. The van der Waals surface area contributed by atoms with E-state index in [9.17, 15) is 13.2 Å². The lowest BCUT2D eigenvalue weighted by Gasteiger charge is -2.28. The van der Waals surface area contributed by atoms with Gasteiger partial charge in [-0.2, -0.15) is 0 Å². The van der Waals surface area contributed by atoms with Gasteiger partial charge in [-0.1, -0.05) is 0 Å². The molecule has 0 aliphatic heterocycles. The number of nitrogens with two attached hydrogens (primary N) is 1. The zero-order chi connectivity index (χ0) is 20.7. The van der Waals surface area contributed by atoms with Gasteiger partial charge in [-0.05, 0) is 38.7 Å². The summed E-state index contributed by atoms with van der Waals surface area (Å²) in [7, 11) is 1.24. The van der Waals surface area contributed by atoms with E-state index in [0.29, 0.717) is 10.9 Å². The first kappa shape index (κ1) is 20.7. The Morgan fingerprint density at radius 1 is 1.24 bits per heavy atom. The molecule has 3 aromatic rings. The molecule has 4 rings (SSSR count). The highest BCUT2D eigenvalue weighted by Crippen LogP contribution is 2.36. The van der Waals surface area contributed by atoms with E-state index in [1.54, 1.807) is 17.1 Å². The zero-order valence-corrected chi connectivity index (χ0v) is 18.5. The van der Waals surface area contributed by atoms with Crippen molar-refractivity contribution >= 4 is 47.0 Å². The molecule has 1 aliphatic carbocycles. The standard InChI is InChI=1S/C19H19F3IN5S/c1-9-16(22)19(26-12-4-2-3-11(24)7-12)27-18(25-9)14-8-28(29-23)17-13(14)5-10(20)6-15(17)21/h5-6,8,11-12H,2-4,7,24H2,1H3,(H,25,26,27)/t11-,12+/m1/s1. The fraction of sp³-hybridized carbons (Fsp3) is 0.368. The summed E-state index contributed by atoms with van der Waals surface area (Å²) in [5.41, 5.74) is 6.87. The van der Waals surface area contributed by atoms with Gasteiger partial charge in [0.15, 0.2) is 23.3 Å². The Hall–Kier alpha value is -1.53. The molecule has 0 saturated heterocycles. The number of anilines is 1. The SMILES string of the molecule is Cc1nc(-c2cn(SI)c3c(F)cc(F)cc23)nc(N[C@H]2CCC[C@@H](N)C2)c1F. The Labute approximate surface area is 182 Å². The molecule has 2 aromatic heterocycles. The molecule has 1 saturated carbocycles. The second-order valence-electron chi connectivity index (χ2n) is 7.28. The first-order valence-electron chi connectivity index (χ1n) is 9.23. The number of hydrogen-bond donors (Lipinski definition) is 2. The molecule has 0 bridgehead atoms. The van der Waals surface area contributed by atoms with Gasteiger partial charge in [0.1, 0.15) is 5.82 Å². The van der Waals surface area contributed by atoms with Crippen LogP contribution in [0.4, 0.5) is 19.0 Å². The number of fused-ring (bicyclic) bond motifs is 1. The summed E-state index contributed by atoms with van der Waals surface area (Å²) in [5.74, 6) is -1.60. The number of hydrogen-bond acceptors (Lipinski definition) is 5. The van der Waals surface area contributed by atoms with Crippen molar-refractivity contribution in [1.29, 1.82) is 0 Å². The maximum absolute atomic E-state index is 14.7. The topological polar surface area (TPSA) is 68.8 Å².